The van der Waals surface area contributed by atoms with Gasteiger partial charge in [0.2, 0.25) is 0 Å². The number of H-pyrrole nitrogens is 1. The molecule has 1 N–H and O–H groups in total. The van der Waals surface area contributed by atoms with Crippen LogP contribution in [0.2, 0.25) is 0 Å². The van der Waals surface area contributed by atoms with Crippen molar-refractivity contribution in [3.63, 3.8) is 0 Å². The van der Waals surface area contributed by atoms with Gasteiger partial charge in [0.05, 0.1) is 0 Å². The third kappa shape index (κ3) is 3.25. The van der Waals surface area contributed by atoms with Gasteiger partial charge in [-0.15, -0.1) is 0 Å². The molecule has 0 saturated heterocycles. The van der Waals surface area contributed by atoms with Gasteiger partial charge in [-0.1, -0.05) is 23.9 Å². The Bertz CT molecular complexity index is 963. The van der Waals surface area contributed by atoms with Crippen LogP contribution in [0.3, 0.4) is 0 Å². The first-order valence-electron chi connectivity index (χ1n) is 6.45. The average Bonchev–Trinajstić information content (AvgIpc) is 2.51. The summed E-state index contributed by atoms with van der Waals surface area (Å²) in [5, 5.41) is 0.314. The van der Waals surface area contributed by atoms with E-state index in [-0.39, 0.29) is 22.5 Å². The van der Waals surface area contributed by atoms with Crippen molar-refractivity contribution in [3.8, 4) is 0 Å². The molecule has 23 heavy (non-hydrogen) atoms. The fraction of sp³-hybridized carbons (Fsp3) is 0.143. The van der Waals surface area contributed by atoms with Gasteiger partial charge in [-0.05, 0) is 28.9 Å². The van der Waals surface area contributed by atoms with Gasteiger partial charge in [0, 0.05) is 11.3 Å². The maximum atomic E-state index is 13.6. The normalized spacial score (nSPS) is 11.1. The van der Waals surface area contributed by atoms with Gasteiger partial charge < -0.3 is 4.98 Å². The SMILES string of the molecule is Cc1nc2c(Br)nc(SCc3cccc(F)c3F)nc2[nH]c1=O. The van der Waals surface area contributed by atoms with Gasteiger partial charge >= 0.3 is 0 Å². The van der Waals surface area contributed by atoms with Crippen molar-refractivity contribution in [3.05, 3.63) is 56.0 Å². The van der Waals surface area contributed by atoms with Gasteiger partial charge in [0.25, 0.3) is 5.56 Å². The van der Waals surface area contributed by atoms with Crippen LogP contribution in [0.1, 0.15) is 11.3 Å². The monoisotopic (exact) mass is 398 g/mol. The van der Waals surface area contributed by atoms with Crippen molar-refractivity contribution in [2.75, 3.05) is 0 Å². The van der Waals surface area contributed by atoms with E-state index in [1.54, 1.807) is 6.92 Å². The van der Waals surface area contributed by atoms with Crippen molar-refractivity contribution >= 4 is 38.9 Å². The van der Waals surface area contributed by atoms with Crippen LogP contribution < -0.4 is 5.56 Å². The molecule has 0 aliphatic rings. The topological polar surface area (TPSA) is 71.5 Å². The second kappa shape index (κ2) is 6.32. The second-order valence-corrected chi connectivity index (χ2v) is 6.34. The minimum absolute atomic E-state index is 0.158. The summed E-state index contributed by atoms with van der Waals surface area (Å²) >= 11 is 4.40. The Morgan fingerprint density at radius 1 is 1.26 bits per heavy atom. The molecule has 0 fully saturated rings. The minimum Gasteiger partial charge on any atom is -0.304 e. The zero-order valence-corrected chi connectivity index (χ0v) is 14.1. The maximum absolute atomic E-state index is 13.6. The molecule has 0 radical (unpaired) electrons. The molecule has 0 atom stereocenters. The Morgan fingerprint density at radius 2 is 2.04 bits per heavy atom. The molecule has 0 aliphatic heterocycles. The molecule has 5 nitrogen and oxygen atoms in total. The average molecular weight is 399 g/mol. The smallest absolute Gasteiger partial charge is 0.270 e. The van der Waals surface area contributed by atoms with Crippen molar-refractivity contribution in [1.82, 2.24) is 19.9 Å². The third-order valence-corrected chi connectivity index (χ3v) is 4.50. The summed E-state index contributed by atoms with van der Waals surface area (Å²) in [5.41, 5.74) is 0.901. The standard InChI is InChI=1S/C14H9BrF2N4OS/c1-6-13(22)20-12-10(18-6)11(15)19-14(21-12)23-5-7-3-2-4-8(16)9(7)17/h2-4H,5H2,1H3,(H,19,20,21,22). The van der Waals surface area contributed by atoms with Crippen LogP contribution in [-0.2, 0) is 5.75 Å². The number of aromatic nitrogens is 4. The Morgan fingerprint density at radius 3 is 2.83 bits per heavy atom. The number of thioether (sulfide) groups is 1. The molecule has 0 unspecified atom stereocenters. The van der Waals surface area contributed by atoms with E-state index < -0.39 is 11.6 Å². The highest BCUT2D eigenvalue weighted by molar-refractivity contribution is 9.10. The highest BCUT2D eigenvalue weighted by Gasteiger charge is 2.12. The van der Waals surface area contributed by atoms with Gasteiger partial charge in [-0.2, -0.15) is 0 Å². The second-order valence-electron chi connectivity index (χ2n) is 4.65. The first-order valence-corrected chi connectivity index (χ1v) is 8.23. The third-order valence-electron chi connectivity index (χ3n) is 3.05. The highest BCUT2D eigenvalue weighted by Crippen LogP contribution is 2.25. The van der Waals surface area contributed by atoms with Crippen LogP contribution in [0.25, 0.3) is 11.2 Å². The Labute approximate surface area is 141 Å². The van der Waals surface area contributed by atoms with Crippen LogP contribution >= 0.6 is 27.7 Å². The molecule has 0 spiro atoms. The van der Waals surface area contributed by atoms with Crippen molar-refractivity contribution in [2.24, 2.45) is 0 Å². The van der Waals surface area contributed by atoms with Crippen molar-refractivity contribution in [1.29, 1.82) is 0 Å². The summed E-state index contributed by atoms with van der Waals surface area (Å²) < 4.78 is 27.2. The summed E-state index contributed by atoms with van der Waals surface area (Å²) in [6, 6.07) is 4.00. The summed E-state index contributed by atoms with van der Waals surface area (Å²) in [4.78, 5) is 26.8. The van der Waals surface area contributed by atoms with E-state index in [9.17, 15) is 13.6 Å². The predicted octanol–water partition coefficient (Wildman–Crippen LogP) is 3.35. The molecule has 0 bridgehead atoms. The van der Waals surface area contributed by atoms with Gasteiger partial charge in [-0.3, -0.25) is 4.79 Å². The van der Waals surface area contributed by atoms with E-state index in [1.807, 2.05) is 0 Å². The number of halogens is 3. The molecule has 1 aromatic carbocycles. The van der Waals surface area contributed by atoms with Crippen LogP contribution in [0.15, 0.2) is 32.8 Å². The lowest BCUT2D eigenvalue weighted by Gasteiger charge is -2.05. The van der Waals surface area contributed by atoms with Crippen LogP contribution in [0, 0.1) is 18.6 Å². The Hall–Kier alpha value is -1.87. The fourth-order valence-electron chi connectivity index (χ4n) is 1.88. The van der Waals surface area contributed by atoms with Gasteiger partial charge in [0.1, 0.15) is 15.8 Å². The maximum Gasteiger partial charge on any atom is 0.270 e. The molecule has 3 rings (SSSR count). The van der Waals surface area contributed by atoms with E-state index in [2.05, 4.69) is 35.9 Å². The lowest BCUT2D eigenvalue weighted by Crippen LogP contribution is -2.13. The summed E-state index contributed by atoms with van der Waals surface area (Å²) in [6.45, 7) is 1.58. The molecule has 2 aromatic heterocycles. The van der Waals surface area contributed by atoms with Crippen LogP contribution in [-0.4, -0.2) is 19.9 Å². The predicted molar refractivity (Wildman–Crippen MR) is 86.3 cm³/mol. The van der Waals surface area contributed by atoms with E-state index in [1.165, 1.54) is 12.1 Å². The lowest BCUT2D eigenvalue weighted by molar-refractivity contribution is 0.502. The molecule has 0 amide bonds. The number of rotatable bonds is 3. The number of aromatic amines is 1. The zero-order valence-electron chi connectivity index (χ0n) is 11.7. The van der Waals surface area contributed by atoms with E-state index in [0.29, 0.717) is 21.0 Å². The summed E-state index contributed by atoms with van der Waals surface area (Å²) in [7, 11) is 0. The number of hydrogen-bond acceptors (Lipinski definition) is 5. The minimum atomic E-state index is -0.896. The van der Waals surface area contributed by atoms with E-state index in [0.717, 1.165) is 17.8 Å². The number of fused-ring (bicyclic) bond motifs is 1. The molecular weight excluding hydrogens is 390 g/mol. The van der Waals surface area contributed by atoms with Crippen LogP contribution in [0.4, 0.5) is 8.78 Å². The number of nitrogens with zero attached hydrogens (tertiary/aromatic N) is 3. The summed E-state index contributed by atoms with van der Waals surface area (Å²) in [5.74, 6) is -1.62. The first kappa shape index (κ1) is 16.0. The quantitative estimate of drug-likeness (QED) is 0.416. The molecule has 0 saturated carbocycles. The molecular formula is C14H9BrF2N4OS. The fourth-order valence-corrected chi connectivity index (χ4v) is 3.26. The number of hydrogen-bond donors (Lipinski definition) is 1. The largest absolute Gasteiger partial charge is 0.304 e. The Balaban J connectivity index is 1.93. The number of benzene rings is 1. The Kier molecular flexibility index (Phi) is 4.40. The first-order chi connectivity index (χ1) is 11.0. The summed E-state index contributed by atoms with van der Waals surface area (Å²) in [6.07, 6.45) is 0. The highest BCUT2D eigenvalue weighted by atomic mass is 79.9. The van der Waals surface area contributed by atoms with E-state index >= 15 is 0 Å². The molecule has 9 heteroatoms. The lowest BCUT2D eigenvalue weighted by atomic mass is 10.2. The molecule has 0 aliphatic carbocycles. The zero-order chi connectivity index (χ0) is 16.6. The van der Waals surface area contributed by atoms with Gasteiger partial charge in [-0.25, -0.2) is 23.7 Å². The number of aryl methyl sites for hydroxylation is 1. The van der Waals surface area contributed by atoms with Gasteiger partial charge in [0.15, 0.2) is 22.4 Å². The van der Waals surface area contributed by atoms with E-state index in [4.69, 9.17) is 0 Å². The van der Waals surface area contributed by atoms with Crippen molar-refractivity contribution < 1.29 is 8.78 Å². The van der Waals surface area contributed by atoms with Crippen molar-refractivity contribution in [2.45, 2.75) is 17.8 Å². The molecule has 3 aromatic rings. The molecule has 2 heterocycles. The van der Waals surface area contributed by atoms with Crippen LogP contribution in [0.5, 0.6) is 0 Å². The molecule has 118 valence electrons. The number of nitrogens with one attached hydrogen (secondary N) is 1.